The molecule has 22 heavy (non-hydrogen) atoms. The molecule has 4 atom stereocenters. The van der Waals surface area contributed by atoms with E-state index in [-0.39, 0.29) is 5.41 Å². The highest BCUT2D eigenvalue weighted by molar-refractivity contribution is 5.87. The maximum atomic E-state index is 12.7. The van der Waals surface area contributed by atoms with Crippen LogP contribution in [0.3, 0.4) is 0 Å². The van der Waals surface area contributed by atoms with Crippen molar-refractivity contribution >= 4 is 5.78 Å². The highest BCUT2D eigenvalue weighted by atomic mass is 16.3. The van der Waals surface area contributed by atoms with Gasteiger partial charge in [0.05, 0.1) is 0 Å². The molecule has 2 fully saturated rings. The molecule has 1 aromatic carbocycles. The molecule has 4 rings (SSSR count). The number of aromatic hydroxyl groups is 1. The number of aryl methyl sites for hydroxylation is 1. The van der Waals surface area contributed by atoms with Gasteiger partial charge in [-0.1, -0.05) is 19.4 Å². The molecule has 0 spiro atoms. The zero-order valence-corrected chi connectivity index (χ0v) is 13.5. The minimum atomic E-state index is 0.0182. The van der Waals surface area contributed by atoms with E-state index in [9.17, 15) is 9.90 Å². The van der Waals surface area contributed by atoms with Crippen molar-refractivity contribution < 1.29 is 9.90 Å². The van der Waals surface area contributed by atoms with Gasteiger partial charge in [-0.05, 0) is 79.5 Å². The minimum Gasteiger partial charge on any atom is -0.508 e. The standard InChI is InChI=1S/C20H26O2/c1-2-10-20-11-9-16-15-6-4-14(21)12-13(15)3-5-17(16)18(20)7-8-19(20)22/h4,6,12,16-18,21H,2-3,5,7-11H2,1H3/t16-,17-,18+,20+/m1/s1. The second kappa shape index (κ2) is 5.11. The highest BCUT2D eigenvalue weighted by Gasteiger charge is 2.56. The van der Waals surface area contributed by atoms with Gasteiger partial charge in [-0.25, -0.2) is 0 Å². The van der Waals surface area contributed by atoms with Crippen LogP contribution < -0.4 is 0 Å². The number of hydrogen-bond acceptors (Lipinski definition) is 2. The van der Waals surface area contributed by atoms with Crippen molar-refractivity contribution in [2.24, 2.45) is 17.3 Å². The molecule has 0 aromatic heterocycles. The first kappa shape index (κ1) is 14.3. The fraction of sp³-hybridized carbons (Fsp3) is 0.650. The average molecular weight is 298 g/mol. The third kappa shape index (κ3) is 1.89. The summed E-state index contributed by atoms with van der Waals surface area (Å²) in [6.07, 6.45) is 8.68. The SMILES string of the molecule is CCC[C@]12CC[C@@H]3c4ccc(O)cc4CC[C@H]3[C@@H]1CCC2=O. The number of ketones is 1. The fourth-order valence-electron chi connectivity index (χ4n) is 6.05. The molecule has 0 radical (unpaired) electrons. The van der Waals surface area contributed by atoms with Crippen LogP contribution in [-0.2, 0) is 11.2 Å². The zero-order valence-electron chi connectivity index (χ0n) is 13.5. The molecular formula is C20H26O2. The van der Waals surface area contributed by atoms with Crippen LogP contribution >= 0.6 is 0 Å². The van der Waals surface area contributed by atoms with Gasteiger partial charge in [0.2, 0.25) is 0 Å². The number of phenols is 1. The number of benzene rings is 1. The van der Waals surface area contributed by atoms with E-state index in [0.29, 0.717) is 29.3 Å². The van der Waals surface area contributed by atoms with Gasteiger partial charge < -0.3 is 5.11 Å². The van der Waals surface area contributed by atoms with Crippen LogP contribution in [0.2, 0.25) is 0 Å². The molecule has 0 aliphatic heterocycles. The van der Waals surface area contributed by atoms with E-state index >= 15 is 0 Å². The molecule has 3 aliphatic carbocycles. The van der Waals surface area contributed by atoms with Crippen molar-refractivity contribution in [3.05, 3.63) is 29.3 Å². The van der Waals surface area contributed by atoms with Gasteiger partial charge in [-0.3, -0.25) is 4.79 Å². The predicted octanol–water partition coefficient (Wildman–Crippen LogP) is 4.60. The largest absolute Gasteiger partial charge is 0.508 e. The van der Waals surface area contributed by atoms with Crippen molar-refractivity contribution in [2.75, 3.05) is 0 Å². The predicted molar refractivity (Wildman–Crippen MR) is 87.0 cm³/mol. The van der Waals surface area contributed by atoms with E-state index in [1.54, 1.807) is 0 Å². The highest BCUT2D eigenvalue weighted by Crippen LogP contribution is 2.61. The Morgan fingerprint density at radius 1 is 1.23 bits per heavy atom. The summed E-state index contributed by atoms with van der Waals surface area (Å²) in [5.74, 6) is 2.87. The van der Waals surface area contributed by atoms with E-state index in [1.165, 1.54) is 17.5 Å². The van der Waals surface area contributed by atoms with Crippen LogP contribution in [-0.4, -0.2) is 10.9 Å². The number of carbonyl (C=O) groups excluding carboxylic acids is 1. The van der Waals surface area contributed by atoms with Gasteiger partial charge in [0.1, 0.15) is 11.5 Å². The van der Waals surface area contributed by atoms with Gasteiger partial charge in [0.25, 0.3) is 0 Å². The lowest BCUT2D eigenvalue weighted by atomic mass is 9.54. The van der Waals surface area contributed by atoms with E-state index in [2.05, 4.69) is 13.0 Å². The summed E-state index contributed by atoms with van der Waals surface area (Å²) >= 11 is 0. The number of fused-ring (bicyclic) bond motifs is 5. The molecular weight excluding hydrogens is 272 g/mol. The van der Waals surface area contributed by atoms with Gasteiger partial charge in [0, 0.05) is 11.8 Å². The first-order chi connectivity index (χ1) is 10.7. The zero-order chi connectivity index (χ0) is 15.3. The molecule has 0 amide bonds. The Labute approximate surface area is 132 Å². The van der Waals surface area contributed by atoms with Crippen molar-refractivity contribution in [1.82, 2.24) is 0 Å². The molecule has 0 heterocycles. The Bertz CT molecular complexity index is 606. The van der Waals surface area contributed by atoms with Crippen LogP contribution in [0.15, 0.2) is 18.2 Å². The van der Waals surface area contributed by atoms with Gasteiger partial charge in [-0.2, -0.15) is 0 Å². The fourth-order valence-corrected chi connectivity index (χ4v) is 6.05. The Kier molecular flexibility index (Phi) is 3.32. The Hall–Kier alpha value is -1.31. The lowest BCUT2D eigenvalue weighted by Gasteiger charge is -2.49. The molecule has 0 bridgehead atoms. The molecule has 2 nitrogen and oxygen atoms in total. The number of hydrogen-bond donors (Lipinski definition) is 1. The molecule has 1 N–H and O–H groups in total. The van der Waals surface area contributed by atoms with Gasteiger partial charge in [0.15, 0.2) is 0 Å². The molecule has 0 saturated heterocycles. The van der Waals surface area contributed by atoms with Crippen LogP contribution in [0.1, 0.15) is 68.9 Å². The van der Waals surface area contributed by atoms with Crippen LogP contribution in [0.5, 0.6) is 5.75 Å². The third-order valence-corrected chi connectivity index (χ3v) is 6.85. The maximum Gasteiger partial charge on any atom is 0.139 e. The third-order valence-electron chi connectivity index (χ3n) is 6.85. The Balaban J connectivity index is 1.70. The summed E-state index contributed by atoms with van der Waals surface area (Å²) in [7, 11) is 0. The number of phenolic OH excluding ortho intramolecular Hbond substituents is 1. The van der Waals surface area contributed by atoms with E-state index in [1.807, 2.05) is 12.1 Å². The van der Waals surface area contributed by atoms with E-state index < -0.39 is 0 Å². The quantitative estimate of drug-likeness (QED) is 0.866. The normalized spacial score (nSPS) is 36.6. The number of Topliss-reactive ketones (excluding diaryl/α,β-unsaturated/α-hetero) is 1. The van der Waals surface area contributed by atoms with Crippen LogP contribution in [0, 0.1) is 17.3 Å². The summed E-state index contributed by atoms with van der Waals surface area (Å²) in [5, 5.41) is 9.74. The summed E-state index contributed by atoms with van der Waals surface area (Å²) in [5.41, 5.74) is 2.82. The maximum absolute atomic E-state index is 12.7. The Morgan fingerprint density at radius 3 is 2.91 bits per heavy atom. The molecule has 2 saturated carbocycles. The van der Waals surface area contributed by atoms with Crippen molar-refractivity contribution in [1.29, 1.82) is 0 Å². The summed E-state index contributed by atoms with van der Waals surface area (Å²) < 4.78 is 0. The molecule has 118 valence electrons. The van der Waals surface area contributed by atoms with Crippen molar-refractivity contribution in [3.8, 4) is 5.75 Å². The summed E-state index contributed by atoms with van der Waals surface area (Å²) in [4.78, 5) is 12.7. The van der Waals surface area contributed by atoms with Gasteiger partial charge >= 0.3 is 0 Å². The minimum absolute atomic E-state index is 0.0182. The monoisotopic (exact) mass is 298 g/mol. The van der Waals surface area contributed by atoms with E-state index in [0.717, 1.165) is 44.9 Å². The van der Waals surface area contributed by atoms with Crippen molar-refractivity contribution in [2.45, 2.75) is 64.2 Å². The van der Waals surface area contributed by atoms with Crippen molar-refractivity contribution in [3.63, 3.8) is 0 Å². The second-order valence-electron chi connectivity index (χ2n) is 7.71. The summed E-state index contributed by atoms with van der Waals surface area (Å²) in [6.45, 7) is 2.22. The number of carbonyl (C=O) groups is 1. The molecule has 3 aliphatic rings. The van der Waals surface area contributed by atoms with Crippen LogP contribution in [0.4, 0.5) is 0 Å². The van der Waals surface area contributed by atoms with Gasteiger partial charge in [-0.15, -0.1) is 0 Å². The average Bonchev–Trinajstić information content (AvgIpc) is 2.84. The van der Waals surface area contributed by atoms with E-state index in [4.69, 9.17) is 0 Å². The smallest absolute Gasteiger partial charge is 0.139 e. The Morgan fingerprint density at radius 2 is 2.09 bits per heavy atom. The molecule has 0 unspecified atom stereocenters. The second-order valence-corrected chi connectivity index (χ2v) is 7.71. The van der Waals surface area contributed by atoms with Crippen LogP contribution in [0.25, 0.3) is 0 Å². The lowest BCUT2D eigenvalue weighted by molar-refractivity contribution is -0.131. The topological polar surface area (TPSA) is 37.3 Å². The summed E-state index contributed by atoms with van der Waals surface area (Å²) in [6, 6.07) is 5.94. The first-order valence-corrected chi connectivity index (χ1v) is 9.01. The lowest BCUT2D eigenvalue weighted by Crippen LogP contribution is -2.44. The molecule has 2 heteroatoms. The molecule has 1 aromatic rings. The first-order valence-electron chi connectivity index (χ1n) is 9.01. The number of rotatable bonds is 2.